The molecular formula is C24H27N2O2+. The number of para-hydroxylation sites is 2. The molecule has 144 valence electrons. The zero-order valence-corrected chi connectivity index (χ0v) is 16.5. The van der Waals surface area contributed by atoms with E-state index >= 15 is 0 Å². The highest BCUT2D eigenvalue weighted by Crippen LogP contribution is 2.25. The molecule has 0 bridgehead atoms. The first-order chi connectivity index (χ1) is 13.7. The lowest BCUT2D eigenvalue weighted by Gasteiger charge is -2.13. The summed E-state index contributed by atoms with van der Waals surface area (Å²) in [7, 11) is 2.10. The molecule has 0 aliphatic rings. The van der Waals surface area contributed by atoms with Crippen molar-refractivity contribution >= 4 is 21.8 Å². The summed E-state index contributed by atoms with van der Waals surface area (Å²) >= 11 is 0. The Kier molecular flexibility index (Phi) is 5.31. The van der Waals surface area contributed by atoms with Gasteiger partial charge in [0.15, 0.2) is 11.0 Å². The average molecular weight is 375 g/mol. The molecule has 0 saturated carbocycles. The maximum absolute atomic E-state index is 10.7. The van der Waals surface area contributed by atoms with Crippen LogP contribution in [0.2, 0.25) is 0 Å². The van der Waals surface area contributed by atoms with E-state index in [1.165, 1.54) is 11.3 Å². The van der Waals surface area contributed by atoms with Crippen molar-refractivity contribution in [3.05, 3.63) is 72.6 Å². The zero-order valence-electron chi connectivity index (χ0n) is 16.5. The minimum atomic E-state index is -0.592. The zero-order chi connectivity index (χ0) is 19.5. The van der Waals surface area contributed by atoms with Gasteiger partial charge in [0.25, 0.3) is 5.82 Å². The highest BCUT2D eigenvalue weighted by atomic mass is 16.5. The third-order valence-electron chi connectivity index (χ3n) is 5.28. The Labute approximate surface area is 165 Å². The average Bonchev–Trinajstić information content (AvgIpc) is 2.98. The standard InChI is InChI=1S/C24H27N2O2/c1-3-9-24-25(2)21-13-6-7-14-22(21)26(24)16-19(27)17-28-23-15-8-11-18-10-4-5-12-20(18)23/h4-8,10-15,19,27H,3,9,16-17H2,1-2H3/q+1. The molecule has 1 atom stereocenters. The molecule has 0 aliphatic carbocycles. The van der Waals surface area contributed by atoms with Crippen molar-refractivity contribution in [2.24, 2.45) is 7.05 Å². The Balaban J connectivity index is 1.55. The first-order valence-electron chi connectivity index (χ1n) is 9.93. The Bertz CT molecular complexity index is 1100. The second kappa shape index (κ2) is 8.03. The molecule has 0 fully saturated rings. The van der Waals surface area contributed by atoms with Crippen LogP contribution in [0.15, 0.2) is 66.7 Å². The summed E-state index contributed by atoms with van der Waals surface area (Å²) in [6.07, 6.45) is 1.44. The number of aromatic nitrogens is 2. The van der Waals surface area contributed by atoms with Crippen LogP contribution in [-0.4, -0.2) is 22.4 Å². The van der Waals surface area contributed by atoms with Crippen LogP contribution >= 0.6 is 0 Å². The molecule has 1 aromatic heterocycles. The summed E-state index contributed by atoms with van der Waals surface area (Å²) in [6.45, 7) is 2.96. The fraction of sp³-hybridized carbons (Fsp3) is 0.292. The summed E-state index contributed by atoms with van der Waals surface area (Å²) in [4.78, 5) is 0. The summed E-state index contributed by atoms with van der Waals surface area (Å²) in [6, 6.07) is 22.5. The first kappa shape index (κ1) is 18.5. The molecule has 4 rings (SSSR count). The first-order valence-corrected chi connectivity index (χ1v) is 9.93. The number of hydrogen-bond donors (Lipinski definition) is 1. The minimum Gasteiger partial charge on any atom is -0.490 e. The SMILES string of the molecule is CCCc1n(CC(O)COc2cccc3ccccc23)c2ccccc2[n+]1C. The summed E-state index contributed by atoms with van der Waals surface area (Å²) in [5.41, 5.74) is 2.34. The van der Waals surface area contributed by atoms with Gasteiger partial charge in [-0.1, -0.05) is 55.5 Å². The topological polar surface area (TPSA) is 38.3 Å². The van der Waals surface area contributed by atoms with Gasteiger partial charge in [-0.15, -0.1) is 0 Å². The summed E-state index contributed by atoms with van der Waals surface area (Å²) < 4.78 is 10.5. The number of benzene rings is 3. The van der Waals surface area contributed by atoms with E-state index in [2.05, 4.69) is 59.5 Å². The molecule has 28 heavy (non-hydrogen) atoms. The van der Waals surface area contributed by atoms with Crippen LogP contribution in [0.25, 0.3) is 21.8 Å². The van der Waals surface area contributed by atoms with Gasteiger partial charge in [-0.3, -0.25) is 0 Å². The van der Waals surface area contributed by atoms with E-state index in [4.69, 9.17) is 4.74 Å². The number of aliphatic hydroxyl groups excluding tert-OH is 1. The highest BCUT2D eigenvalue weighted by Gasteiger charge is 2.24. The van der Waals surface area contributed by atoms with Gasteiger partial charge in [0.2, 0.25) is 0 Å². The van der Waals surface area contributed by atoms with Crippen LogP contribution in [0, 0.1) is 0 Å². The van der Waals surface area contributed by atoms with Crippen LogP contribution < -0.4 is 9.30 Å². The van der Waals surface area contributed by atoms with Gasteiger partial charge in [-0.25, -0.2) is 9.13 Å². The molecule has 3 aromatic carbocycles. The molecular weight excluding hydrogens is 348 g/mol. The van der Waals surface area contributed by atoms with Crippen LogP contribution in [0.3, 0.4) is 0 Å². The quantitative estimate of drug-likeness (QED) is 0.496. The van der Waals surface area contributed by atoms with Crippen molar-refractivity contribution < 1.29 is 14.4 Å². The van der Waals surface area contributed by atoms with Gasteiger partial charge >= 0.3 is 0 Å². The number of aryl methyl sites for hydroxylation is 1. The number of fused-ring (bicyclic) bond motifs is 2. The molecule has 0 spiro atoms. The van der Waals surface area contributed by atoms with E-state index in [0.717, 1.165) is 34.9 Å². The minimum absolute atomic E-state index is 0.260. The fourth-order valence-electron chi connectivity index (χ4n) is 3.94. The van der Waals surface area contributed by atoms with Crippen LogP contribution in [0.1, 0.15) is 19.2 Å². The Morgan fingerprint density at radius 2 is 1.75 bits per heavy atom. The lowest BCUT2D eigenvalue weighted by molar-refractivity contribution is -0.654. The molecule has 1 N–H and O–H groups in total. The van der Waals surface area contributed by atoms with Gasteiger partial charge in [0.05, 0.1) is 7.05 Å². The van der Waals surface area contributed by atoms with Crippen LogP contribution in [0.5, 0.6) is 5.75 Å². The monoisotopic (exact) mass is 375 g/mol. The van der Waals surface area contributed by atoms with Gasteiger partial charge in [0.1, 0.15) is 25.0 Å². The molecule has 4 nitrogen and oxygen atoms in total. The Hall–Kier alpha value is -2.85. The van der Waals surface area contributed by atoms with Crippen molar-refractivity contribution in [2.75, 3.05) is 6.61 Å². The number of imidazole rings is 1. The molecule has 0 radical (unpaired) electrons. The predicted molar refractivity (Wildman–Crippen MR) is 113 cm³/mol. The number of rotatable bonds is 7. The molecule has 1 heterocycles. The van der Waals surface area contributed by atoms with Gasteiger partial charge in [0, 0.05) is 11.8 Å². The van der Waals surface area contributed by atoms with E-state index in [-0.39, 0.29) is 6.61 Å². The molecule has 4 aromatic rings. The van der Waals surface area contributed by atoms with E-state index < -0.39 is 6.10 Å². The predicted octanol–water partition coefficient (Wildman–Crippen LogP) is 4.01. The van der Waals surface area contributed by atoms with Crippen molar-refractivity contribution in [1.82, 2.24) is 4.57 Å². The van der Waals surface area contributed by atoms with Gasteiger partial charge in [-0.2, -0.15) is 0 Å². The fourth-order valence-corrected chi connectivity index (χ4v) is 3.94. The maximum atomic E-state index is 10.7. The Morgan fingerprint density at radius 3 is 2.61 bits per heavy atom. The number of nitrogens with zero attached hydrogens (tertiary/aromatic N) is 2. The van der Waals surface area contributed by atoms with E-state index in [9.17, 15) is 5.11 Å². The van der Waals surface area contributed by atoms with Crippen LogP contribution in [-0.2, 0) is 20.0 Å². The summed E-state index contributed by atoms with van der Waals surface area (Å²) in [5, 5.41) is 13.0. The highest BCUT2D eigenvalue weighted by molar-refractivity contribution is 5.88. The smallest absolute Gasteiger partial charge is 0.257 e. The normalized spacial score (nSPS) is 12.5. The molecule has 0 amide bonds. The third kappa shape index (κ3) is 3.48. The molecule has 4 heteroatoms. The van der Waals surface area contributed by atoms with E-state index in [0.29, 0.717) is 6.54 Å². The molecule has 1 unspecified atom stereocenters. The summed E-state index contributed by atoms with van der Waals surface area (Å²) in [5.74, 6) is 2.04. The molecule has 0 saturated heterocycles. The van der Waals surface area contributed by atoms with Gasteiger partial charge in [-0.05, 0) is 30.0 Å². The third-order valence-corrected chi connectivity index (χ3v) is 5.28. The largest absolute Gasteiger partial charge is 0.490 e. The van der Waals surface area contributed by atoms with Crippen molar-refractivity contribution in [3.8, 4) is 5.75 Å². The van der Waals surface area contributed by atoms with E-state index in [1.807, 2.05) is 30.3 Å². The lowest BCUT2D eigenvalue weighted by Crippen LogP contribution is -2.34. The van der Waals surface area contributed by atoms with Crippen molar-refractivity contribution in [1.29, 1.82) is 0 Å². The van der Waals surface area contributed by atoms with E-state index in [1.54, 1.807) is 0 Å². The maximum Gasteiger partial charge on any atom is 0.257 e. The van der Waals surface area contributed by atoms with Crippen molar-refractivity contribution in [3.63, 3.8) is 0 Å². The number of hydrogen-bond acceptors (Lipinski definition) is 2. The number of aliphatic hydroxyl groups is 1. The van der Waals surface area contributed by atoms with Crippen molar-refractivity contribution in [2.45, 2.75) is 32.4 Å². The second-order valence-corrected chi connectivity index (χ2v) is 7.27. The number of ether oxygens (including phenoxy) is 1. The van der Waals surface area contributed by atoms with Crippen LogP contribution in [0.4, 0.5) is 0 Å². The Morgan fingerprint density at radius 1 is 1.00 bits per heavy atom. The molecule has 0 aliphatic heterocycles. The lowest BCUT2D eigenvalue weighted by atomic mass is 10.1. The van der Waals surface area contributed by atoms with Gasteiger partial charge < -0.3 is 9.84 Å². The second-order valence-electron chi connectivity index (χ2n) is 7.27.